The number of nitrogens with one attached hydrogen (secondary N) is 1. The van der Waals surface area contributed by atoms with Gasteiger partial charge in [0.25, 0.3) is 0 Å². The average Bonchev–Trinajstić information content (AvgIpc) is 2.67. The second-order valence-electron chi connectivity index (χ2n) is 3.88. The number of carbonyl (C=O) groups excluding carboxylic acids is 1. The fraction of sp³-hybridized carbons (Fsp3) is 0.583. The summed E-state index contributed by atoms with van der Waals surface area (Å²) in [5.74, 6) is 0.751. The van der Waals surface area contributed by atoms with Crippen LogP contribution in [-0.2, 0) is 4.79 Å². The molecular weight excluding hydrogens is 188 g/mol. The van der Waals surface area contributed by atoms with E-state index in [2.05, 4.69) is 5.32 Å². The van der Waals surface area contributed by atoms with Crippen molar-refractivity contribution in [3.8, 4) is 0 Å². The van der Waals surface area contributed by atoms with Gasteiger partial charge in [-0.2, -0.15) is 0 Å². The van der Waals surface area contributed by atoms with Crippen molar-refractivity contribution >= 4 is 5.91 Å². The van der Waals surface area contributed by atoms with E-state index in [0.29, 0.717) is 5.92 Å². The van der Waals surface area contributed by atoms with Crippen LogP contribution in [0.4, 0.5) is 0 Å². The molecule has 0 radical (unpaired) electrons. The first-order valence-electron chi connectivity index (χ1n) is 5.50. The SMILES string of the molecule is C/C=C\C=C/C(=O)N1CC[C@@H](CNC)C1. The molecule has 84 valence electrons. The van der Waals surface area contributed by atoms with Gasteiger partial charge in [-0.15, -0.1) is 0 Å². The summed E-state index contributed by atoms with van der Waals surface area (Å²) < 4.78 is 0. The van der Waals surface area contributed by atoms with Crippen LogP contribution in [0.15, 0.2) is 24.3 Å². The molecule has 0 unspecified atom stereocenters. The summed E-state index contributed by atoms with van der Waals surface area (Å²) >= 11 is 0. The molecule has 1 rings (SSSR count). The molecule has 3 nitrogen and oxygen atoms in total. The highest BCUT2D eigenvalue weighted by Crippen LogP contribution is 2.15. The number of allylic oxidation sites excluding steroid dienone is 3. The molecule has 3 heteroatoms. The number of amides is 1. The molecule has 0 bridgehead atoms. The first-order valence-corrected chi connectivity index (χ1v) is 5.50. The highest BCUT2D eigenvalue weighted by Gasteiger charge is 2.23. The van der Waals surface area contributed by atoms with Crippen molar-refractivity contribution in [2.75, 3.05) is 26.7 Å². The molecule has 0 aromatic heterocycles. The quantitative estimate of drug-likeness (QED) is 0.556. The fourth-order valence-electron chi connectivity index (χ4n) is 1.84. The van der Waals surface area contributed by atoms with Gasteiger partial charge in [-0.3, -0.25) is 4.79 Å². The third kappa shape index (κ3) is 3.88. The first-order chi connectivity index (χ1) is 7.27. The van der Waals surface area contributed by atoms with Crippen LogP contribution in [0, 0.1) is 5.92 Å². The number of nitrogens with zero attached hydrogens (tertiary/aromatic N) is 1. The van der Waals surface area contributed by atoms with E-state index < -0.39 is 0 Å². The minimum absolute atomic E-state index is 0.131. The highest BCUT2D eigenvalue weighted by molar-refractivity contribution is 5.88. The molecule has 1 heterocycles. The molecule has 0 saturated carbocycles. The van der Waals surface area contributed by atoms with Gasteiger partial charge in [-0.1, -0.05) is 18.2 Å². The molecular formula is C12H20N2O. The lowest BCUT2D eigenvalue weighted by Gasteiger charge is -2.13. The first kappa shape index (κ1) is 12.0. The van der Waals surface area contributed by atoms with E-state index in [0.717, 1.165) is 26.1 Å². The van der Waals surface area contributed by atoms with Gasteiger partial charge in [-0.25, -0.2) is 0 Å². The maximum absolute atomic E-state index is 11.7. The third-order valence-corrected chi connectivity index (χ3v) is 2.63. The van der Waals surface area contributed by atoms with E-state index in [4.69, 9.17) is 0 Å². The van der Waals surface area contributed by atoms with E-state index >= 15 is 0 Å². The molecule has 1 amide bonds. The maximum Gasteiger partial charge on any atom is 0.246 e. The zero-order chi connectivity index (χ0) is 11.1. The molecule has 1 fully saturated rings. The lowest BCUT2D eigenvalue weighted by atomic mass is 10.1. The Hall–Kier alpha value is -1.09. The van der Waals surface area contributed by atoms with Crippen LogP contribution in [0.2, 0.25) is 0 Å². The molecule has 1 atom stereocenters. The number of hydrogen-bond donors (Lipinski definition) is 1. The van der Waals surface area contributed by atoms with Gasteiger partial charge in [-0.05, 0) is 32.9 Å². The van der Waals surface area contributed by atoms with Crippen molar-refractivity contribution in [2.24, 2.45) is 5.92 Å². The summed E-state index contributed by atoms with van der Waals surface area (Å²) in [6.07, 6.45) is 8.34. The Balaban J connectivity index is 2.36. The monoisotopic (exact) mass is 208 g/mol. The minimum atomic E-state index is 0.131. The molecule has 0 aromatic rings. The van der Waals surface area contributed by atoms with Crippen LogP contribution in [0.5, 0.6) is 0 Å². The summed E-state index contributed by atoms with van der Waals surface area (Å²) in [7, 11) is 1.95. The van der Waals surface area contributed by atoms with Crippen molar-refractivity contribution in [1.82, 2.24) is 10.2 Å². The zero-order valence-corrected chi connectivity index (χ0v) is 9.57. The Morgan fingerprint density at radius 3 is 3.00 bits per heavy atom. The van der Waals surface area contributed by atoms with Gasteiger partial charge >= 0.3 is 0 Å². The van der Waals surface area contributed by atoms with Gasteiger partial charge < -0.3 is 10.2 Å². The predicted octanol–water partition coefficient (Wildman–Crippen LogP) is 1.19. The molecule has 1 N–H and O–H groups in total. The van der Waals surface area contributed by atoms with Gasteiger partial charge in [0.15, 0.2) is 0 Å². The molecule has 1 saturated heterocycles. The summed E-state index contributed by atoms with van der Waals surface area (Å²) in [6.45, 7) is 4.72. The summed E-state index contributed by atoms with van der Waals surface area (Å²) in [5.41, 5.74) is 0. The van der Waals surface area contributed by atoms with E-state index in [1.807, 2.05) is 31.0 Å². The highest BCUT2D eigenvalue weighted by atomic mass is 16.2. The second-order valence-corrected chi connectivity index (χ2v) is 3.88. The van der Waals surface area contributed by atoms with Crippen LogP contribution < -0.4 is 5.32 Å². The van der Waals surface area contributed by atoms with Crippen molar-refractivity contribution < 1.29 is 4.79 Å². The van der Waals surface area contributed by atoms with Crippen LogP contribution in [-0.4, -0.2) is 37.5 Å². The lowest BCUT2D eigenvalue weighted by molar-refractivity contribution is -0.125. The number of rotatable bonds is 4. The fourth-order valence-corrected chi connectivity index (χ4v) is 1.84. The summed E-state index contributed by atoms with van der Waals surface area (Å²) in [4.78, 5) is 13.6. The van der Waals surface area contributed by atoms with Gasteiger partial charge in [0.2, 0.25) is 5.91 Å². The number of likely N-dealkylation sites (tertiary alicyclic amines) is 1. The smallest absolute Gasteiger partial charge is 0.246 e. The van der Waals surface area contributed by atoms with E-state index in [1.54, 1.807) is 12.2 Å². The number of hydrogen-bond acceptors (Lipinski definition) is 2. The molecule has 0 aromatic carbocycles. The molecule has 1 aliphatic heterocycles. The molecule has 0 spiro atoms. The maximum atomic E-state index is 11.7. The largest absolute Gasteiger partial charge is 0.339 e. The van der Waals surface area contributed by atoms with E-state index in [9.17, 15) is 4.79 Å². The van der Waals surface area contributed by atoms with Crippen molar-refractivity contribution in [2.45, 2.75) is 13.3 Å². The Kier molecular flexibility index (Phi) is 5.12. The zero-order valence-electron chi connectivity index (χ0n) is 9.57. The van der Waals surface area contributed by atoms with Crippen LogP contribution in [0.25, 0.3) is 0 Å². The predicted molar refractivity (Wildman–Crippen MR) is 62.6 cm³/mol. The Labute approximate surface area is 91.8 Å². The van der Waals surface area contributed by atoms with Crippen LogP contribution >= 0.6 is 0 Å². The standard InChI is InChI=1S/C12H20N2O/c1-3-4-5-6-12(15)14-8-7-11(10-14)9-13-2/h3-6,11,13H,7-10H2,1-2H3/b4-3-,6-5-/t11-/m0/s1. The van der Waals surface area contributed by atoms with E-state index in [1.165, 1.54) is 0 Å². The lowest BCUT2D eigenvalue weighted by Crippen LogP contribution is -2.28. The van der Waals surface area contributed by atoms with Gasteiger partial charge in [0.05, 0.1) is 0 Å². The Bertz CT molecular complexity index is 258. The van der Waals surface area contributed by atoms with Crippen molar-refractivity contribution in [3.63, 3.8) is 0 Å². The minimum Gasteiger partial charge on any atom is -0.339 e. The van der Waals surface area contributed by atoms with E-state index in [-0.39, 0.29) is 5.91 Å². The van der Waals surface area contributed by atoms with Gasteiger partial charge in [0.1, 0.15) is 0 Å². The Morgan fingerprint density at radius 1 is 1.53 bits per heavy atom. The molecule has 1 aliphatic rings. The van der Waals surface area contributed by atoms with Crippen LogP contribution in [0.3, 0.4) is 0 Å². The average molecular weight is 208 g/mol. The van der Waals surface area contributed by atoms with Gasteiger partial charge in [0, 0.05) is 19.2 Å². The number of carbonyl (C=O) groups is 1. The summed E-state index contributed by atoms with van der Waals surface area (Å²) in [5, 5.41) is 3.15. The topological polar surface area (TPSA) is 32.3 Å². The van der Waals surface area contributed by atoms with Crippen molar-refractivity contribution in [1.29, 1.82) is 0 Å². The third-order valence-electron chi connectivity index (χ3n) is 2.63. The molecule has 15 heavy (non-hydrogen) atoms. The Morgan fingerprint density at radius 2 is 2.33 bits per heavy atom. The van der Waals surface area contributed by atoms with Crippen molar-refractivity contribution in [3.05, 3.63) is 24.3 Å². The second kappa shape index (κ2) is 6.40. The summed E-state index contributed by atoms with van der Waals surface area (Å²) in [6, 6.07) is 0. The normalized spacial score (nSPS) is 22.0. The van der Waals surface area contributed by atoms with Crippen LogP contribution in [0.1, 0.15) is 13.3 Å². The molecule has 0 aliphatic carbocycles.